The molecule has 0 aromatic carbocycles. The van der Waals surface area contributed by atoms with E-state index in [0.29, 0.717) is 38.6 Å². The second-order valence-electron chi connectivity index (χ2n) is 14.6. The highest BCUT2D eigenvalue weighted by Gasteiger charge is 2.44. The maximum Gasteiger partial charge on any atom is 0.317 e. The van der Waals surface area contributed by atoms with Gasteiger partial charge in [0.25, 0.3) is 0 Å². The Morgan fingerprint density at radius 1 is 0.714 bits per heavy atom. The number of hydrogen-bond donors (Lipinski definition) is 6. The number of unbranched alkanes of at least 4 members (excludes halogenated alkanes) is 14. The van der Waals surface area contributed by atoms with E-state index in [4.69, 9.17) is 10.2 Å². The summed E-state index contributed by atoms with van der Waals surface area (Å²) < 4.78 is 0. The molecule has 6 N–H and O–H groups in total. The van der Waals surface area contributed by atoms with Crippen molar-refractivity contribution in [3.8, 4) is 0 Å². The van der Waals surface area contributed by atoms with E-state index in [-0.39, 0.29) is 67.2 Å². The van der Waals surface area contributed by atoms with Crippen LogP contribution in [0, 0.1) is 17.3 Å². The van der Waals surface area contributed by atoms with Crippen molar-refractivity contribution < 1.29 is 49.2 Å². The van der Waals surface area contributed by atoms with Crippen molar-refractivity contribution in [1.82, 2.24) is 15.5 Å². The van der Waals surface area contributed by atoms with Crippen LogP contribution in [0.25, 0.3) is 0 Å². The molecule has 1 aliphatic heterocycles. The lowest BCUT2D eigenvalue weighted by Gasteiger charge is -2.24. The Kier molecular flexibility index (Phi) is 21.7. The van der Waals surface area contributed by atoms with E-state index in [1.165, 1.54) is 4.90 Å². The molecule has 2 unspecified atom stereocenters. The number of aliphatic carboxylic acids is 2. The van der Waals surface area contributed by atoms with Gasteiger partial charge >= 0.3 is 11.9 Å². The number of nitrogens with one attached hydrogen (secondary N) is 2. The minimum absolute atomic E-state index is 0.104. The van der Waals surface area contributed by atoms with Crippen LogP contribution in [0.2, 0.25) is 0 Å². The number of carboxylic acids is 2. The molecule has 0 bridgehead atoms. The SMILES string of the molecule is CC(C)(C)C1CC(=O)N(CCCCCC(=O)NCC(NC(=O)CCCCCCCCCCCCCCCC(C(=O)O)C(=O)O)C(O)O)C1=O. The predicted octanol–water partition coefficient (Wildman–Crippen LogP) is 4.52. The zero-order valence-electron chi connectivity index (χ0n) is 30.1. The fourth-order valence-corrected chi connectivity index (χ4v) is 6.08. The average molecular weight is 698 g/mol. The van der Waals surface area contributed by atoms with Gasteiger partial charge < -0.3 is 31.1 Å². The summed E-state index contributed by atoms with van der Waals surface area (Å²) in [6, 6.07) is -1.01. The van der Waals surface area contributed by atoms with Crippen molar-refractivity contribution >= 4 is 35.6 Å². The summed E-state index contributed by atoms with van der Waals surface area (Å²) in [5, 5.41) is 42.3. The van der Waals surface area contributed by atoms with Crippen molar-refractivity contribution in [1.29, 1.82) is 0 Å². The number of carbonyl (C=O) groups excluding carboxylic acids is 4. The minimum atomic E-state index is -1.81. The van der Waals surface area contributed by atoms with E-state index < -0.39 is 30.2 Å². The number of likely N-dealkylation sites (tertiary alicyclic amines) is 1. The summed E-state index contributed by atoms with van der Waals surface area (Å²) in [6.07, 6.45) is 13.9. The van der Waals surface area contributed by atoms with Crippen LogP contribution >= 0.6 is 0 Å². The monoisotopic (exact) mass is 697 g/mol. The zero-order valence-corrected chi connectivity index (χ0v) is 30.1. The first-order chi connectivity index (χ1) is 23.1. The molecule has 282 valence electrons. The fraction of sp³-hybridized carbons (Fsp3) is 0.833. The van der Waals surface area contributed by atoms with Gasteiger partial charge in [0.05, 0.1) is 12.0 Å². The average Bonchev–Trinajstić information content (AvgIpc) is 3.31. The van der Waals surface area contributed by atoms with Crippen LogP contribution in [0.1, 0.15) is 149 Å². The number of hydrogen-bond acceptors (Lipinski definition) is 8. The van der Waals surface area contributed by atoms with E-state index in [1.807, 2.05) is 20.8 Å². The third-order valence-electron chi connectivity index (χ3n) is 9.29. The fourth-order valence-electron chi connectivity index (χ4n) is 6.08. The molecular weight excluding hydrogens is 634 g/mol. The first kappa shape index (κ1) is 44.0. The molecule has 13 nitrogen and oxygen atoms in total. The van der Waals surface area contributed by atoms with Gasteiger partial charge in [-0.05, 0) is 31.1 Å². The summed E-state index contributed by atoms with van der Waals surface area (Å²) in [5.74, 6) is -4.97. The molecule has 1 rings (SSSR count). The molecule has 2 atom stereocenters. The van der Waals surface area contributed by atoms with Gasteiger partial charge in [0, 0.05) is 32.4 Å². The maximum atomic E-state index is 12.6. The number of imide groups is 1. The number of carbonyl (C=O) groups is 6. The maximum absolute atomic E-state index is 12.6. The van der Waals surface area contributed by atoms with Crippen LogP contribution in [0.4, 0.5) is 0 Å². The van der Waals surface area contributed by atoms with Crippen LogP contribution in [-0.2, 0) is 28.8 Å². The Morgan fingerprint density at radius 2 is 1.16 bits per heavy atom. The third kappa shape index (κ3) is 19.1. The lowest BCUT2D eigenvalue weighted by molar-refractivity contribution is -0.155. The lowest BCUT2D eigenvalue weighted by atomic mass is 9.80. The number of carboxylic acid groups (broad SMARTS) is 2. The first-order valence-electron chi connectivity index (χ1n) is 18.4. The van der Waals surface area contributed by atoms with Gasteiger partial charge in [-0.25, -0.2) is 0 Å². The molecule has 49 heavy (non-hydrogen) atoms. The highest BCUT2D eigenvalue weighted by molar-refractivity contribution is 6.03. The molecule has 0 spiro atoms. The first-order valence-corrected chi connectivity index (χ1v) is 18.4. The normalized spacial score (nSPS) is 15.7. The summed E-state index contributed by atoms with van der Waals surface area (Å²) in [7, 11) is 0. The zero-order chi connectivity index (χ0) is 36.8. The van der Waals surface area contributed by atoms with Crippen LogP contribution in [-0.4, -0.2) is 86.3 Å². The number of amides is 4. The Hall–Kier alpha value is -3.06. The van der Waals surface area contributed by atoms with Crippen molar-refractivity contribution in [2.75, 3.05) is 13.1 Å². The lowest BCUT2D eigenvalue weighted by Crippen LogP contribution is -2.50. The highest BCUT2D eigenvalue weighted by Crippen LogP contribution is 2.35. The second-order valence-corrected chi connectivity index (χ2v) is 14.6. The second kappa shape index (κ2) is 24.2. The molecular formula is C36H63N3O10. The Labute approximate surface area is 292 Å². The van der Waals surface area contributed by atoms with Gasteiger partial charge in [0.1, 0.15) is 0 Å². The van der Waals surface area contributed by atoms with Crippen molar-refractivity contribution in [3.05, 3.63) is 0 Å². The van der Waals surface area contributed by atoms with E-state index in [9.17, 15) is 39.0 Å². The quantitative estimate of drug-likeness (QED) is 0.0291. The summed E-state index contributed by atoms with van der Waals surface area (Å²) in [4.78, 5) is 72.5. The molecule has 1 saturated heterocycles. The molecule has 13 heteroatoms. The molecule has 0 radical (unpaired) electrons. The van der Waals surface area contributed by atoms with Crippen molar-refractivity contribution in [2.45, 2.75) is 162 Å². The van der Waals surface area contributed by atoms with Crippen LogP contribution in [0.15, 0.2) is 0 Å². The predicted molar refractivity (Wildman–Crippen MR) is 184 cm³/mol. The smallest absolute Gasteiger partial charge is 0.317 e. The van der Waals surface area contributed by atoms with E-state index >= 15 is 0 Å². The van der Waals surface area contributed by atoms with Crippen LogP contribution < -0.4 is 10.6 Å². The number of nitrogens with zero attached hydrogens (tertiary/aromatic N) is 1. The Morgan fingerprint density at radius 3 is 1.61 bits per heavy atom. The van der Waals surface area contributed by atoms with E-state index in [0.717, 1.165) is 70.6 Å². The largest absolute Gasteiger partial charge is 0.481 e. The number of rotatable bonds is 28. The molecule has 1 heterocycles. The van der Waals surface area contributed by atoms with Crippen LogP contribution in [0.5, 0.6) is 0 Å². The molecule has 1 fully saturated rings. The van der Waals surface area contributed by atoms with E-state index in [1.54, 1.807) is 0 Å². The Balaban J connectivity index is 2.04. The van der Waals surface area contributed by atoms with Gasteiger partial charge in [0.15, 0.2) is 12.2 Å². The molecule has 0 aromatic rings. The highest BCUT2D eigenvalue weighted by atomic mass is 16.5. The van der Waals surface area contributed by atoms with Gasteiger partial charge in [0.2, 0.25) is 23.6 Å². The van der Waals surface area contributed by atoms with Crippen molar-refractivity contribution in [2.24, 2.45) is 17.3 Å². The molecule has 0 saturated carbocycles. The van der Waals surface area contributed by atoms with Gasteiger partial charge in [-0.1, -0.05) is 104 Å². The molecule has 0 aromatic heterocycles. The van der Waals surface area contributed by atoms with E-state index in [2.05, 4.69) is 10.6 Å². The van der Waals surface area contributed by atoms with Crippen molar-refractivity contribution in [3.63, 3.8) is 0 Å². The topological polar surface area (TPSA) is 211 Å². The summed E-state index contributed by atoms with van der Waals surface area (Å²) >= 11 is 0. The standard InChI is InChI=1S/C36H63N3O10/c1-36(2,3)27-24-31(42)39(32(27)43)23-19-15-18-21-29(40)37-25-28(35(48)49)38-30(41)22-17-14-12-10-8-6-4-5-7-9-11-13-16-20-26(33(44)45)34(46)47/h26-28,35,48-49H,4-25H2,1-3H3,(H,37,40)(H,38,41)(H,44,45)(H,46,47). The van der Waals surface area contributed by atoms with Gasteiger partial charge in [-0.15, -0.1) is 0 Å². The van der Waals surface area contributed by atoms with Gasteiger partial charge in [-0.3, -0.25) is 33.7 Å². The number of aliphatic hydroxyl groups is 2. The summed E-state index contributed by atoms with van der Waals surface area (Å²) in [5.41, 5.74) is -0.264. The Bertz CT molecular complexity index is 1030. The molecule has 1 aliphatic rings. The number of aliphatic hydroxyl groups excluding tert-OH is 1. The summed E-state index contributed by atoms with van der Waals surface area (Å²) in [6.45, 7) is 6.11. The van der Waals surface area contributed by atoms with Crippen LogP contribution in [0.3, 0.4) is 0 Å². The molecule has 0 aliphatic carbocycles. The van der Waals surface area contributed by atoms with Gasteiger partial charge in [-0.2, -0.15) is 0 Å². The minimum Gasteiger partial charge on any atom is -0.481 e. The molecule has 4 amide bonds. The third-order valence-corrected chi connectivity index (χ3v) is 9.29.